The van der Waals surface area contributed by atoms with Gasteiger partial charge in [0.15, 0.2) is 0 Å². The lowest BCUT2D eigenvalue weighted by atomic mass is 10.1. The average molecular weight is 442 g/mol. The van der Waals surface area contributed by atoms with E-state index in [4.69, 9.17) is 9.47 Å². The quantitative estimate of drug-likeness (QED) is 0.462. The molecule has 0 saturated heterocycles. The highest BCUT2D eigenvalue weighted by Gasteiger charge is 2.27. The molecule has 8 nitrogen and oxygen atoms in total. The Labute approximate surface area is 188 Å². The number of amides is 1. The largest absolute Gasteiger partial charge is 0.492 e. The molecule has 1 aliphatic heterocycles. The molecule has 0 radical (unpaired) electrons. The Bertz CT molecular complexity index is 1000. The Balaban J connectivity index is 1.79. The van der Waals surface area contributed by atoms with Crippen LogP contribution in [0.15, 0.2) is 35.4 Å². The molecule has 0 aromatic carbocycles. The summed E-state index contributed by atoms with van der Waals surface area (Å²) >= 11 is 0. The molecule has 1 amide bonds. The minimum Gasteiger partial charge on any atom is -0.492 e. The van der Waals surface area contributed by atoms with Gasteiger partial charge >= 0.3 is 5.97 Å². The highest BCUT2D eigenvalue weighted by atomic mass is 16.5. The van der Waals surface area contributed by atoms with Gasteiger partial charge in [0.2, 0.25) is 5.91 Å². The van der Waals surface area contributed by atoms with E-state index in [0.29, 0.717) is 44.8 Å². The Morgan fingerprint density at radius 1 is 1.16 bits per heavy atom. The number of aryl methyl sites for hydroxylation is 1. The molecule has 8 heteroatoms. The first-order valence-electron chi connectivity index (χ1n) is 11.0. The van der Waals surface area contributed by atoms with Crippen molar-refractivity contribution in [2.45, 2.75) is 46.1 Å². The number of fused-ring (bicyclic) bond motifs is 1. The van der Waals surface area contributed by atoms with E-state index in [9.17, 15) is 14.4 Å². The standard InChI is InChI=1S/C24H31N3O5/c1-17(2)15-21(28)26-11-8-19-23(24(30)31-3)20(16-22(29)27(19)13-12-26)32-14-4-5-18-6-9-25-10-7-18/h6-7,9-10,16-17H,4-5,8,11-15H2,1-3H3. The third kappa shape index (κ3) is 5.75. The summed E-state index contributed by atoms with van der Waals surface area (Å²) in [5.41, 5.74) is 1.74. The number of hydrogen-bond acceptors (Lipinski definition) is 6. The zero-order chi connectivity index (χ0) is 23.1. The summed E-state index contributed by atoms with van der Waals surface area (Å²) in [7, 11) is 1.31. The molecular weight excluding hydrogens is 410 g/mol. The van der Waals surface area contributed by atoms with Crippen molar-refractivity contribution >= 4 is 11.9 Å². The number of nitrogens with zero attached hydrogens (tertiary/aromatic N) is 3. The van der Waals surface area contributed by atoms with Crippen LogP contribution in [0.5, 0.6) is 5.75 Å². The second kappa shape index (κ2) is 10.9. The van der Waals surface area contributed by atoms with E-state index in [1.807, 2.05) is 26.0 Å². The van der Waals surface area contributed by atoms with Crippen LogP contribution in [0.1, 0.15) is 48.3 Å². The molecule has 0 N–H and O–H groups in total. The molecule has 2 aromatic heterocycles. The molecule has 0 aliphatic carbocycles. The van der Waals surface area contributed by atoms with Crippen molar-refractivity contribution in [2.24, 2.45) is 5.92 Å². The number of carbonyl (C=O) groups is 2. The van der Waals surface area contributed by atoms with E-state index in [0.717, 1.165) is 18.4 Å². The molecule has 3 rings (SSSR count). The lowest BCUT2D eigenvalue weighted by Crippen LogP contribution is -2.34. The molecule has 2 aromatic rings. The fraction of sp³-hybridized carbons (Fsp3) is 0.500. The van der Waals surface area contributed by atoms with Crippen LogP contribution < -0.4 is 10.3 Å². The first-order chi connectivity index (χ1) is 15.4. The fourth-order valence-electron chi connectivity index (χ4n) is 3.92. The van der Waals surface area contributed by atoms with E-state index < -0.39 is 5.97 Å². The third-order valence-corrected chi connectivity index (χ3v) is 5.54. The van der Waals surface area contributed by atoms with Gasteiger partial charge in [-0.05, 0) is 36.5 Å². The zero-order valence-corrected chi connectivity index (χ0v) is 19.0. The molecule has 0 fully saturated rings. The van der Waals surface area contributed by atoms with Gasteiger partial charge in [0, 0.05) is 56.6 Å². The molecule has 0 saturated carbocycles. The van der Waals surface area contributed by atoms with E-state index in [1.54, 1.807) is 21.9 Å². The number of carbonyl (C=O) groups excluding carboxylic acids is 2. The molecule has 0 bridgehead atoms. The van der Waals surface area contributed by atoms with Crippen LogP contribution >= 0.6 is 0 Å². The van der Waals surface area contributed by atoms with Gasteiger partial charge in [0.1, 0.15) is 11.3 Å². The average Bonchev–Trinajstić information content (AvgIpc) is 3.00. The topological polar surface area (TPSA) is 90.7 Å². The van der Waals surface area contributed by atoms with Crippen LogP contribution in [-0.4, -0.2) is 53.1 Å². The lowest BCUT2D eigenvalue weighted by Gasteiger charge is -2.20. The molecule has 32 heavy (non-hydrogen) atoms. The fourth-order valence-corrected chi connectivity index (χ4v) is 3.92. The van der Waals surface area contributed by atoms with Crippen molar-refractivity contribution in [2.75, 3.05) is 26.8 Å². The monoisotopic (exact) mass is 441 g/mol. The lowest BCUT2D eigenvalue weighted by molar-refractivity contribution is -0.131. The number of rotatable bonds is 8. The minimum absolute atomic E-state index is 0.0630. The first kappa shape index (κ1) is 23.5. The number of hydrogen-bond donors (Lipinski definition) is 0. The number of ether oxygens (including phenoxy) is 2. The van der Waals surface area contributed by atoms with Gasteiger partial charge < -0.3 is 18.9 Å². The van der Waals surface area contributed by atoms with Crippen LogP contribution in [0.4, 0.5) is 0 Å². The normalized spacial score (nSPS) is 13.4. The van der Waals surface area contributed by atoms with Crippen molar-refractivity contribution in [3.05, 3.63) is 57.8 Å². The van der Waals surface area contributed by atoms with Crippen molar-refractivity contribution in [3.8, 4) is 5.75 Å². The highest BCUT2D eigenvalue weighted by molar-refractivity contribution is 5.93. The SMILES string of the molecule is COC(=O)c1c(OCCCc2ccncc2)cc(=O)n2c1CCN(C(=O)CC(C)C)CC2. The van der Waals surface area contributed by atoms with E-state index in [2.05, 4.69) is 4.98 Å². The summed E-state index contributed by atoms with van der Waals surface area (Å²) in [4.78, 5) is 43.8. The van der Waals surface area contributed by atoms with Crippen LogP contribution in [0, 0.1) is 5.92 Å². The Hall–Kier alpha value is -3.16. The zero-order valence-electron chi connectivity index (χ0n) is 19.0. The number of pyridine rings is 2. The predicted octanol–water partition coefficient (Wildman–Crippen LogP) is 2.47. The first-order valence-corrected chi connectivity index (χ1v) is 11.0. The van der Waals surface area contributed by atoms with Gasteiger partial charge in [0.05, 0.1) is 13.7 Å². The molecule has 1 aliphatic rings. The van der Waals surface area contributed by atoms with Gasteiger partial charge in [-0.25, -0.2) is 4.79 Å². The van der Waals surface area contributed by atoms with Crippen LogP contribution in [-0.2, 0) is 28.9 Å². The predicted molar refractivity (Wildman–Crippen MR) is 120 cm³/mol. The van der Waals surface area contributed by atoms with Gasteiger partial charge in [-0.3, -0.25) is 14.6 Å². The van der Waals surface area contributed by atoms with Crippen molar-refractivity contribution in [1.29, 1.82) is 0 Å². The van der Waals surface area contributed by atoms with Gasteiger partial charge in [-0.1, -0.05) is 13.8 Å². The molecule has 172 valence electrons. The Kier molecular flexibility index (Phi) is 8.03. The summed E-state index contributed by atoms with van der Waals surface area (Å²) < 4.78 is 12.5. The summed E-state index contributed by atoms with van der Waals surface area (Å²) in [6.45, 7) is 5.58. The van der Waals surface area contributed by atoms with Crippen LogP contribution in [0.2, 0.25) is 0 Å². The highest BCUT2D eigenvalue weighted by Crippen LogP contribution is 2.24. The summed E-state index contributed by atoms with van der Waals surface area (Å²) in [6, 6.07) is 5.25. The Morgan fingerprint density at radius 3 is 2.59 bits per heavy atom. The van der Waals surface area contributed by atoms with Crippen molar-refractivity contribution < 1.29 is 19.1 Å². The Morgan fingerprint density at radius 2 is 1.91 bits per heavy atom. The van der Waals surface area contributed by atoms with E-state index in [1.165, 1.54) is 13.2 Å². The second-order valence-electron chi connectivity index (χ2n) is 8.35. The molecule has 3 heterocycles. The van der Waals surface area contributed by atoms with Gasteiger partial charge in [-0.15, -0.1) is 0 Å². The van der Waals surface area contributed by atoms with Crippen molar-refractivity contribution in [1.82, 2.24) is 14.5 Å². The van der Waals surface area contributed by atoms with Crippen molar-refractivity contribution in [3.63, 3.8) is 0 Å². The maximum atomic E-state index is 12.8. The van der Waals surface area contributed by atoms with Crippen LogP contribution in [0.25, 0.3) is 0 Å². The van der Waals surface area contributed by atoms with E-state index in [-0.39, 0.29) is 28.7 Å². The molecular formula is C24H31N3O5. The maximum absolute atomic E-state index is 12.8. The van der Waals surface area contributed by atoms with Crippen LogP contribution in [0.3, 0.4) is 0 Å². The molecule has 0 atom stereocenters. The number of esters is 1. The maximum Gasteiger partial charge on any atom is 0.343 e. The smallest absolute Gasteiger partial charge is 0.343 e. The molecule has 0 spiro atoms. The van der Waals surface area contributed by atoms with E-state index >= 15 is 0 Å². The minimum atomic E-state index is -0.542. The third-order valence-electron chi connectivity index (χ3n) is 5.54. The van der Waals surface area contributed by atoms with Gasteiger partial charge in [-0.2, -0.15) is 0 Å². The summed E-state index contributed by atoms with van der Waals surface area (Å²) in [5.74, 6) is 0.0197. The molecule has 0 unspecified atom stereocenters. The number of methoxy groups -OCH3 is 1. The number of aromatic nitrogens is 2. The van der Waals surface area contributed by atoms with Gasteiger partial charge in [0.25, 0.3) is 5.56 Å². The summed E-state index contributed by atoms with van der Waals surface area (Å²) in [6.07, 6.45) is 5.86. The summed E-state index contributed by atoms with van der Waals surface area (Å²) in [5, 5.41) is 0. The second-order valence-corrected chi connectivity index (χ2v) is 8.35.